The van der Waals surface area contributed by atoms with Crippen LogP contribution in [0, 0.1) is 0 Å². The average Bonchev–Trinajstić information content (AvgIpc) is 3.23. The number of rotatable bonds is 6. The first kappa shape index (κ1) is 19.0. The first-order valence-electron chi connectivity index (χ1n) is 10.2. The van der Waals surface area contributed by atoms with E-state index in [1.807, 2.05) is 18.3 Å². The zero-order chi connectivity index (χ0) is 19.2. The molecule has 1 atom stereocenters. The van der Waals surface area contributed by atoms with Crippen LogP contribution in [0.5, 0.6) is 0 Å². The fourth-order valence-electron chi connectivity index (χ4n) is 4.01. The van der Waals surface area contributed by atoms with Crippen LogP contribution in [0.15, 0.2) is 30.6 Å². The molecule has 0 bridgehead atoms. The van der Waals surface area contributed by atoms with E-state index in [2.05, 4.69) is 26.3 Å². The van der Waals surface area contributed by atoms with Crippen molar-refractivity contribution in [2.24, 2.45) is 0 Å². The molecule has 28 heavy (non-hydrogen) atoms. The second kappa shape index (κ2) is 9.25. The van der Waals surface area contributed by atoms with Gasteiger partial charge in [0.05, 0.1) is 25.1 Å². The summed E-state index contributed by atoms with van der Waals surface area (Å²) in [5.41, 5.74) is 1.55. The van der Waals surface area contributed by atoms with E-state index in [4.69, 9.17) is 4.74 Å². The third-order valence-electron chi connectivity index (χ3n) is 5.59. The molecule has 2 aromatic heterocycles. The Balaban J connectivity index is 1.32. The molecule has 8 heteroatoms. The predicted molar refractivity (Wildman–Crippen MR) is 104 cm³/mol. The van der Waals surface area contributed by atoms with Crippen molar-refractivity contribution in [1.82, 2.24) is 29.8 Å². The third kappa shape index (κ3) is 4.74. The summed E-state index contributed by atoms with van der Waals surface area (Å²) in [5, 5.41) is 8.28. The summed E-state index contributed by atoms with van der Waals surface area (Å²) in [7, 11) is 0. The van der Waals surface area contributed by atoms with Crippen LogP contribution in [0.25, 0.3) is 0 Å². The van der Waals surface area contributed by atoms with Gasteiger partial charge < -0.3 is 9.64 Å². The Morgan fingerprint density at radius 3 is 2.89 bits per heavy atom. The number of aryl methyl sites for hydroxylation is 1. The van der Waals surface area contributed by atoms with Crippen LogP contribution >= 0.6 is 0 Å². The molecule has 2 aliphatic heterocycles. The van der Waals surface area contributed by atoms with E-state index in [0.717, 1.165) is 31.7 Å². The topological polar surface area (TPSA) is 76.4 Å². The van der Waals surface area contributed by atoms with Gasteiger partial charge in [-0.15, -0.1) is 5.10 Å². The minimum atomic E-state index is -0.0519. The van der Waals surface area contributed by atoms with Crippen LogP contribution in [0.1, 0.15) is 41.9 Å². The number of nitrogens with zero attached hydrogens (tertiary/aromatic N) is 6. The Morgan fingerprint density at radius 2 is 2.07 bits per heavy atom. The average molecular weight is 384 g/mol. The number of hydrogen-bond donors (Lipinski definition) is 0. The van der Waals surface area contributed by atoms with Crippen molar-refractivity contribution < 1.29 is 9.53 Å². The minimum absolute atomic E-state index is 0.0519. The molecular formula is C20H28N6O2. The van der Waals surface area contributed by atoms with Crippen LogP contribution < -0.4 is 0 Å². The summed E-state index contributed by atoms with van der Waals surface area (Å²) in [6.45, 7) is 5.20. The van der Waals surface area contributed by atoms with Gasteiger partial charge in [0.2, 0.25) is 0 Å². The van der Waals surface area contributed by atoms with Crippen LogP contribution in [0.4, 0.5) is 0 Å². The van der Waals surface area contributed by atoms with Gasteiger partial charge in [0.25, 0.3) is 5.91 Å². The fraction of sp³-hybridized carbons (Fsp3) is 0.600. The maximum Gasteiger partial charge on any atom is 0.276 e. The maximum atomic E-state index is 12.5. The summed E-state index contributed by atoms with van der Waals surface area (Å²) in [5.74, 6) is -0.0519. The summed E-state index contributed by atoms with van der Waals surface area (Å²) < 4.78 is 7.11. The molecule has 150 valence electrons. The molecule has 4 heterocycles. The van der Waals surface area contributed by atoms with Gasteiger partial charge in [-0.25, -0.2) is 0 Å². The molecule has 2 fully saturated rings. The molecule has 2 aliphatic rings. The van der Waals surface area contributed by atoms with Crippen LogP contribution in [-0.4, -0.2) is 74.6 Å². The van der Waals surface area contributed by atoms with E-state index in [1.165, 1.54) is 19.3 Å². The van der Waals surface area contributed by atoms with Crippen molar-refractivity contribution in [2.75, 3.05) is 32.8 Å². The van der Waals surface area contributed by atoms with Gasteiger partial charge in [0.15, 0.2) is 5.69 Å². The normalized spacial score (nSPS) is 21.0. The summed E-state index contributed by atoms with van der Waals surface area (Å²) in [6.07, 6.45) is 8.34. The number of morpholine rings is 1. The highest BCUT2D eigenvalue weighted by Gasteiger charge is 2.24. The number of aromatic nitrogens is 4. The maximum absolute atomic E-state index is 12.5. The quantitative estimate of drug-likeness (QED) is 0.753. The Labute approximate surface area is 165 Å². The number of pyridine rings is 1. The highest BCUT2D eigenvalue weighted by atomic mass is 16.5. The Hall–Kier alpha value is -2.32. The number of carbonyl (C=O) groups excluding carboxylic acids is 1. The highest BCUT2D eigenvalue weighted by Crippen LogP contribution is 2.22. The minimum Gasteiger partial charge on any atom is -0.378 e. The Bertz CT molecular complexity index is 759. The number of ether oxygens (including phenoxy) is 1. The van der Waals surface area contributed by atoms with E-state index in [-0.39, 0.29) is 5.91 Å². The molecule has 8 nitrogen and oxygen atoms in total. The molecule has 4 rings (SSSR count). The lowest BCUT2D eigenvalue weighted by atomic mass is 9.99. The molecule has 0 N–H and O–H groups in total. The monoisotopic (exact) mass is 384 g/mol. The van der Waals surface area contributed by atoms with Gasteiger partial charge in [-0.05, 0) is 37.9 Å². The lowest BCUT2D eigenvalue weighted by Crippen LogP contribution is -2.40. The van der Waals surface area contributed by atoms with Crippen LogP contribution in [0.3, 0.4) is 0 Å². The van der Waals surface area contributed by atoms with Crippen molar-refractivity contribution in [3.05, 3.63) is 42.0 Å². The Morgan fingerprint density at radius 1 is 1.18 bits per heavy atom. The number of piperidine rings is 1. The molecule has 0 aliphatic carbocycles. The van der Waals surface area contributed by atoms with Crippen molar-refractivity contribution in [3.8, 4) is 0 Å². The van der Waals surface area contributed by atoms with E-state index < -0.39 is 0 Å². The second-order valence-corrected chi connectivity index (χ2v) is 7.50. The first-order chi connectivity index (χ1) is 13.8. The number of amides is 1. The van der Waals surface area contributed by atoms with E-state index in [0.29, 0.717) is 38.0 Å². The standard InChI is InChI=1S/C20H28N6O2/c27-20(24-11-13-28-14-12-24)19-16-26(23-22-19)10-7-18-6-2-4-9-25(18)15-17-5-1-3-8-21-17/h1,3,5,8,16,18H,2,4,6-7,9-15H2. The SMILES string of the molecule is O=C(c1cn(CCC2CCCCN2Cc2ccccn2)nn1)N1CCOCC1. The first-order valence-corrected chi connectivity index (χ1v) is 10.2. The second-order valence-electron chi connectivity index (χ2n) is 7.50. The van der Waals surface area contributed by atoms with Gasteiger partial charge in [-0.3, -0.25) is 19.4 Å². The fourth-order valence-corrected chi connectivity index (χ4v) is 4.01. The van der Waals surface area contributed by atoms with Crippen molar-refractivity contribution in [1.29, 1.82) is 0 Å². The van der Waals surface area contributed by atoms with Gasteiger partial charge in [0, 0.05) is 38.4 Å². The summed E-state index contributed by atoms with van der Waals surface area (Å²) in [4.78, 5) is 21.3. The number of likely N-dealkylation sites (tertiary alicyclic amines) is 1. The van der Waals surface area contributed by atoms with E-state index >= 15 is 0 Å². The van der Waals surface area contributed by atoms with E-state index in [9.17, 15) is 4.79 Å². The third-order valence-corrected chi connectivity index (χ3v) is 5.59. The van der Waals surface area contributed by atoms with Crippen molar-refractivity contribution in [3.63, 3.8) is 0 Å². The molecule has 2 aromatic rings. The largest absolute Gasteiger partial charge is 0.378 e. The van der Waals surface area contributed by atoms with Gasteiger partial charge in [0.1, 0.15) is 0 Å². The molecule has 0 saturated carbocycles. The zero-order valence-corrected chi connectivity index (χ0v) is 16.2. The lowest BCUT2D eigenvalue weighted by molar-refractivity contribution is 0.0299. The Kier molecular flexibility index (Phi) is 6.28. The van der Waals surface area contributed by atoms with Crippen LogP contribution in [0.2, 0.25) is 0 Å². The molecule has 2 saturated heterocycles. The number of carbonyl (C=O) groups is 1. The zero-order valence-electron chi connectivity index (χ0n) is 16.2. The molecule has 0 spiro atoms. The molecule has 1 unspecified atom stereocenters. The molecule has 0 radical (unpaired) electrons. The molecular weight excluding hydrogens is 356 g/mol. The van der Waals surface area contributed by atoms with Gasteiger partial charge in [-0.1, -0.05) is 17.7 Å². The summed E-state index contributed by atoms with van der Waals surface area (Å²) in [6, 6.07) is 6.60. The van der Waals surface area contributed by atoms with E-state index in [1.54, 1.807) is 15.8 Å². The van der Waals surface area contributed by atoms with Gasteiger partial charge >= 0.3 is 0 Å². The lowest BCUT2D eigenvalue weighted by Gasteiger charge is -2.35. The predicted octanol–water partition coefficient (Wildman–Crippen LogP) is 1.59. The van der Waals surface area contributed by atoms with Crippen LogP contribution in [-0.2, 0) is 17.8 Å². The summed E-state index contributed by atoms with van der Waals surface area (Å²) >= 11 is 0. The van der Waals surface area contributed by atoms with Crippen molar-refractivity contribution in [2.45, 2.75) is 44.8 Å². The number of hydrogen-bond acceptors (Lipinski definition) is 6. The molecule has 1 amide bonds. The van der Waals surface area contributed by atoms with Crippen molar-refractivity contribution >= 4 is 5.91 Å². The van der Waals surface area contributed by atoms with Gasteiger partial charge in [-0.2, -0.15) is 0 Å². The highest BCUT2D eigenvalue weighted by molar-refractivity contribution is 5.91. The smallest absolute Gasteiger partial charge is 0.276 e. The molecule has 0 aromatic carbocycles.